The van der Waals surface area contributed by atoms with Crippen LogP contribution in [0.4, 0.5) is 0 Å². The number of nitrogens with zero attached hydrogens (tertiary/aromatic N) is 2. The molecule has 1 N–H and O–H groups in total. The fourth-order valence-electron chi connectivity index (χ4n) is 4.77. The Morgan fingerprint density at radius 2 is 1.86 bits per heavy atom. The van der Waals surface area contributed by atoms with E-state index in [1.807, 2.05) is 24.3 Å². The van der Waals surface area contributed by atoms with Crippen LogP contribution >= 0.6 is 0 Å². The molecule has 1 amide bonds. The molecule has 0 unspecified atom stereocenters. The van der Waals surface area contributed by atoms with Crippen LogP contribution in [0.3, 0.4) is 0 Å². The molecule has 0 bridgehead atoms. The first-order chi connectivity index (χ1) is 13.4. The summed E-state index contributed by atoms with van der Waals surface area (Å²) in [5.74, 6) is 6.80. The van der Waals surface area contributed by atoms with E-state index in [0.29, 0.717) is 5.92 Å². The van der Waals surface area contributed by atoms with E-state index in [-0.39, 0.29) is 43.6 Å². The average molecular weight is 403 g/mol. The number of carbonyl (C=O) groups is 1. The van der Waals surface area contributed by atoms with E-state index in [1.54, 1.807) is 4.90 Å². The highest BCUT2D eigenvalue weighted by molar-refractivity contribution is 7.88. The van der Waals surface area contributed by atoms with Gasteiger partial charge in [0.05, 0.1) is 31.5 Å². The van der Waals surface area contributed by atoms with Crippen LogP contribution in [0.5, 0.6) is 0 Å². The van der Waals surface area contributed by atoms with Crippen molar-refractivity contribution >= 4 is 15.9 Å². The van der Waals surface area contributed by atoms with Crippen molar-refractivity contribution in [3.63, 3.8) is 0 Å². The van der Waals surface area contributed by atoms with Gasteiger partial charge in [-0.1, -0.05) is 36.8 Å². The number of amides is 1. The summed E-state index contributed by atoms with van der Waals surface area (Å²) < 4.78 is 25.1. The first-order valence-corrected chi connectivity index (χ1v) is 11.7. The minimum absolute atomic E-state index is 0.0738. The number of piperazine rings is 1. The first kappa shape index (κ1) is 19.4. The van der Waals surface area contributed by atoms with Crippen molar-refractivity contribution in [3.05, 3.63) is 35.4 Å². The molecule has 3 aliphatic rings. The summed E-state index contributed by atoms with van der Waals surface area (Å²) in [5.41, 5.74) is 1.97. The number of rotatable bonds is 3. The van der Waals surface area contributed by atoms with Gasteiger partial charge >= 0.3 is 0 Å². The Bertz CT molecular complexity index is 910. The monoisotopic (exact) mass is 402 g/mol. The van der Waals surface area contributed by atoms with E-state index in [9.17, 15) is 18.3 Å². The molecule has 150 valence electrons. The fourth-order valence-corrected chi connectivity index (χ4v) is 5.54. The standard InChI is InChI=1S/C21H26N2O4S/c1-28(26,27)22-12-18-21(19(14-24)23(18)20(25)13-22)17-10-8-16(9-11-17)7-6-15-4-2-3-5-15/h8-11,15,18-19,21,24H,2-5,12-14H2,1H3/t18-,19+,21+/m1/s1. The highest BCUT2D eigenvalue weighted by atomic mass is 32.2. The Kier molecular flexibility index (Phi) is 5.21. The minimum Gasteiger partial charge on any atom is -0.394 e. The molecule has 6 nitrogen and oxygen atoms in total. The fraction of sp³-hybridized carbons (Fsp3) is 0.571. The zero-order valence-corrected chi connectivity index (χ0v) is 16.9. The molecule has 1 aromatic carbocycles. The van der Waals surface area contributed by atoms with Crippen LogP contribution in [0.2, 0.25) is 0 Å². The third-order valence-corrected chi connectivity index (χ3v) is 7.48. The smallest absolute Gasteiger partial charge is 0.238 e. The summed E-state index contributed by atoms with van der Waals surface area (Å²) in [4.78, 5) is 14.1. The SMILES string of the molecule is CS(=O)(=O)N1CC(=O)N2[C@H](C1)[C@H](c1ccc(C#CC3CCCC3)cc1)[C@@H]2CO. The number of aliphatic hydroxyl groups excluding tert-OH is 1. The third kappa shape index (κ3) is 3.57. The van der Waals surface area contributed by atoms with Crippen molar-refractivity contribution in [2.45, 2.75) is 43.7 Å². The lowest BCUT2D eigenvalue weighted by molar-refractivity contribution is -0.158. The van der Waals surface area contributed by atoms with Crippen LogP contribution in [-0.4, -0.2) is 66.7 Å². The molecule has 3 fully saturated rings. The molecule has 0 aromatic heterocycles. The van der Waals surface area contributed by atoms with E-state index in [4.69, 9.17) is 0 Å². The van der Waals surface area contributed by atoms with Gasteiger partial charge in [-0.05, 0) is 30.5 Å². The van der Waals surface area contributed by atoms with Crippen LogP contribution in [-0.2, 0) is 14.8 Å². The van der Waals surface area contributed by atoms with Crippen molar-refractivity contribution in [2.24, 2.45) is 5.92 Å². The van der Waals surface area contributed by atoms with Gasteiger partial charge in [-0.3, -0.25) is 4.79 Å². The first-order valence-electron chi connectivity index (χ1n) is 9.87. The quantitative estimate of drug-likeness (QED) is 0.770. The summed E-state index contributed by atoms with van der Waals surface area (Å²) in [7, 11) is -3.43. The predicted octanol–water partition coefficient (Wildman–Crippen LogP) is 1.16. The minimum atomic E-state index is -3.43. The van der Waals surface area contributed by atoms with Gasteiger partial charge in [0, 0.05) is 23.9 Å². The van der Waals surface area contributed by atoms with Gasteiger partial charge < -0.3 is 10.0 Å². The Morgan fingerprint density at radius 3 is 2.46 bits per heavy atom. The van der Waals surface area contributed by atoms with Gasteiger partial charge in [-0.2, -0.15) is 4.31 Å². The number of benzene rings is 1. The predicted molar refractivity (Wildman–Crippen MR) is 106 cm³/mol. The number of hydrogen-bond donors (Lipinski definition) is 1. The maximum absolute atomic E-state index is 12.4. The number of sulfonamides is 1. The summed E-state index contributed by atoms with van der Waals surface area (Å²) in [5, 5.41) is 9.81. The number of fused-ring (bicyclic) bond motifs is 1. The van der Waals surface area contributed by atoms with Crippen molar-refractivity contribution in [3.8, 4) is 11.8 Å². The van der Waals surface area contributed by atoms with Gasteiger partial charge in [0.15, 0.2) is 0 Å². The molecule has 1 aliphatic carbocycles. The van der Waals surface area contributed by atoms with E-state index in [2.05, 4.69) is 11.8 Å². The molecule has 28 heavy (non-hydrogen) atoms. The average Bonchev–Trinajstić information content (AvgIpc) is 3.15. The molecule has 4 rings (SSSR count). The number of hydrogen-bond acceptors (Lipinski definition) is 4. The molecule has 7 heteroatoms. The Balaban J connectivity index is 1.53. The second-order valence-electron chi connectivity index (χ2n) is 8.07. The van der Waals surface area contributed by atoms with Gasteiger partial charge in [0.25, 0.3) is 0 Å². The zero-order chi connectivity index (χ0) is 19.9. The molecule has 2 heterocycles. The lowest BCUT2D eigenvalue weighted by Gasteiger charge is -2.58. The molecule has 1 saturated carbocycles. The van der Waals surface area contributed by atoms with E-state index in [1.165, 1.54) is 30.0 Å². The summed E-state index contributed by atoms with van der Waals surface area (Å²) in [6, 6.07) is 7.42. The normalized spacial score (nSPS) is 28.4. The molecule has 0 spiro atoms. The third-order valence-electron chi connectivity index (χ3n) is 6.26. The zero-order valence-electron chi connectivity index (χ0n) is 16.0. The number of aliphatic hydroxyl groups is 1. The molecule has 2 aliphatic heterocycles. The van der Waals surface area contributed by atoms with Crippen LogP contribution in [0.15, 0.2) is 24.3 Å². The van der Waals surface area contributed by atoms with Crippen molar-refractivity contribution in [1.29, 1.82) is 0 Å². The van der Waals surface area contributed by atoms with E-state index >= 15 is 0 Å². The largest absolute Gasteiger partial charge is 0.394 e. The Hall–Kier alpha value is -1.88. The Labute approximate surface area is 166 Å². The van der Waals surface area contributed by atoms with E-state index in [0.717, 1.165) is 17.4 Å². The Morgan fingerprint density at radius 1 is 1.18 bits per heavy atom. The summed E-state index contributed by atoms with van der Waals surface area (Å²) in [6.45, 7) is -0.00174. The van der Waals surface area contributed by atoms with Crippen molar-refractivity contribution < 1.29 is 18.3 Å². The molecule has 1 aromatic rings. The molecule has 2 saturated heterocycles. The maximum Gasteiger partial charge on any atom is 0.238 e. The van der Waals surface area contributed by atoms with Crippen molar-refractivity contribution in [1.82, 2.24) is 9.21 Å². The summed E-state index contributed by atoms with van der Waals surface area (Å²) >= 11 is 0. The van der Waals surface area contributed by atoms with Gasteiger partial charge in [0.1, 0.15) is 0 Å². The second kappa shape index (κ2) is 7.51. The van der Waals surface area contributed by atoms with Gasteiger partial charge in [-0.25, -0.2) is 8.42 Å². The van der Waals surface area contributed by atoms with Crippen molar-refractivity contribution in [2.75, 3.05) is 26.0 Å². The lowest BCUT2D eigenvalue weighted by atomic mass is 9.74. The van der Waals surface area contributed by atoms with Gasteiger partial charge in [0.2, 0.25) is 15.9 Å². The van der Waals surface area contributed by atoms with Crippen LogP contribution < -0.4 is 0 Å². The second-order valence-corrected chi connectivity index (χ2v) is 10.1. The molecular weight excluding hydrogens is 376 g/mol. The topological polar surface area (TPSA) is 77.9 Å². The highest BCUT2D eigenvalue weighted by Crippen LogP contribution is 2.43. The highest BCUT2D eigenvalue weighted by Gasteiger charge is 2.54. The molecule has 0 radical (unpaired) electrons. The molecular formula is C21H26N2O4S. The maximum atomic E-state index is 12.4. The van der Waals surface area contributed by atoms with Crippen LogP contribution in [0, 0.1) is 17.8 Å². The van der Waals surface area contributed by atoms with Crippen LogP contribution in [0.25, 0.3) is 0 Å². The van der Waals surface area contributed by atoms with Crippen LogP contribution in [0.1, 0.15) is 42.7 Å². The van der Waals surface area contributed by atoms with E-state index < -0.39 is 10.0 Å². The lowest BCUT2D eigenvalue weighted by Crippen LogP contribution is -2.73. The summed E-state index contributed by atoms with van der Waals surface area (Å²) in [6.07, 6.45) is 6.04. The molecule has 3 atom stereocenters. The number of carbonyl (C=O) groups excluding carboxylic acids is 1. The van der Waals surface area contributed by atoms with Gasteiger partial charge in [-0.15, -0.1) is 0 Å².